The molecule has 0 aliphatic heterocycles. The van der Waals surface area contributed by atoms with Gasteiger partial charge in [-0.25, -0.2) is 4.57 Å². The number of rotatable bonds is 1. The van der Waals surface area contributed by atoms with Gasteiger partial charge in [0.25, 0.3) is 5.82 Å². The summed E-state index contributed by atoms with van der Waals surface area (Å²) in [4.78, 5) is 0. The van der Waals surface area contributed by atoms with E-state index in [9.17, 15) is 0 Å². The van der Waals surface area contributed by atoms with Crippen LogP contribution < -0.4 is 15.8 Å². The van der Waals surface area contributed by atoms with E-state index in [4.69, 9.17) is 5.84 Å². The number of nitrogen functional groups attached to an aromatic ring is 1. The van der Waals surface area contributed by atoms with Crippen LogP contribution in [-0.2, 0) is 7.05 Å². The summed E-state index contributed by atoms with van der Waals surface area (Å²) in [6, 6.07) is 5.77. The number of anilines is 1. The molecule has 0 amide bonds. The van der Waals surface area contributed by atoms with E-state index in [2.05, 4.69) is 5.43 Å². The third-order valence-electron chi connectivity index (χ3n) is 1.20. The van der Waals surface area contributed by atoms with Gasteiger partial charge >= 0.3 is 0 Å². The average molecular weight is 124 g/mol. The molecule has 3 heteroatoms. The maximum atomic E-state index is 5.18. The number of nitrogens with zero attached hydrogens (tertiary/aromatic N) is 1. The number of aromatic nitrogens is 1. The standard InChI is InChI=1S/C6H9N3/c1-9-5-3-2-4-6(9)8-7/h2-5H,7H2,1H3/p+1. The summed E-state index contributed by atoms with van der Waals surface area (Å²) in [7, 11) is 1.93. The molecule has 0 aromatic carbocycles. The maximum Gasteiger partial charge on any atom is 0.292 e. The summed E-state index contributed by atoms with van der Waals surface area (Å²) >= 11 is 0. The zero-order valence-corrected chi connectivity index (χ0v) is 5.33. The number of nitrogens with two attached hydrogens (primary N) is 1. The molecule has 0 spiro atoms. The third kappa shape index (κ3) is 1.17. The second kappa shape index (κ2) is 2.46. The average Bonchev–Trinajstić information content (AvgIpc) is 1.89. The van der Waals surface area contributed by atoms with Crippen LogP contribution in [0.1, 0.15) is 0 Å². The van der Waals surface area contributed by atoms with Gasteiger partial charge in [-0.2, -0.15) is 11.3 Å². The van der Waals surface area contributed by atoms with E-state index < -0.39 is 0 Å². The highest BCUT2D eigenvalue weighted by Crippen LogP contribution is 1.91. The first kappa shape index (κ1) is 6.04. The highest BCUT2D eigenvalue weighted by atomic mass is 15.3. The number of hydrogen-bond acceptors (Lipinski definition) is 2. The number of aryl methyl sites for hydroxylation is 1. The van der Waals surface area contributed by atoms with Crippen LogP contribution in [0.4, 0.5) is 5.82 Å². The summed E-state index contributed by atoms with van der Waals surface area (Å²) in [6.07, 6.45) is 1.93. The van der Waals surface area contributed by atoms with Crippen molar-refractivity contribution in [3.05, 3.63) is 24.4 Å². The Labute approximate surface area is 54.1 Å². The Morgan fingerprint density at radius 1 is 1.56 bits per heavy atom. The molecule has 0 saturated heterocycles. The van der Waals surface area contributed by atoms with Crippen molar-refractivity contribution < 1.29 is 4.57 Å². The molecule has 9 heavy (non-hydrogen) atoms. The van der Waals surface area contributed by atoms with Crippen molar-refractivity contribution in [1.82, 2.24) is 0 Å². The predicted molar refractivity (Wildman–Crippen MR) is 35.4 cm³/mol. The lowest BCUT2D eigenvalue weighted by molar-refractivity contribution is -0.657. The Bertz CT molecular complexity index is 197. The van der Waals surface area contributed by atoms with Gasteiger partial charge in [0.15, 0.2) is 0 Å². The normalized spacial score (nSPS) is 9.11. The van der Waals surface area contributed by atoms with Gasteiger partial charge in [-0.05, 0) is 6.07 Å². The minimum Gasteiger partial charge on any atom is -0.236 e. The highest BCUT2D eigenvalue weighted by molar-refractivity contribution is 5.24. The second-order valence-electron chi connectivity index (χ2n) is 1.84. The third-order valence-corrected chi connectivity index (χ3v) is 1.20. The predicted octanol–water partition coefficient (Wildman–Crippen LogP) is -0.203. The first-order chi connectivity index (χ1) is 4.34. The number of hydrazine groups is 1. The molecule has 0 radical (unpaired) electrons. The zero-order valence-electron chi connectivity index (χ0n) is 5.33. The molecule has 1 rings (SSSR count). The summed E-state index contributed by atoms with van der Waals surface area (Å²) in [5.41, 5.74) is 2.56. The van der Waals surface area contributed by atoms with Gasteiger partial charge < -0.3 is 0 Å². The minimum atomic E-state index is 0.900. The molecule has 48 valence electrons. The van der Waals surface area contributed by atoms with Gasteiger partial charge in [0.2, 0.25) is 0 Å². The van der Waals surface area contributed by atoms with E-state index in [0.29, 0.717) is 0 Å². The first-order valence-corrected chi connectivity index (χ1v) is 2.76. The maximum absolute atomic E-state index is 5.18. The molecule has 0 aliphatic carbocycles. The molecule has 1 aromatic rings. The molecule has 1 heterocycles. The van der Waals surface area contributed by atoms with Crippen molar-refractivity contribution >= 4 is 5.82 Å². The second-order valence-corrected chi connectivity index (χ2v) is 1.84. The van der Waals surface area contributed by atoms with Gasteiger partial charge in [-0.1, -0.05) is 6.07 Å². The van der Waals surface area contributed by atoms with Gasteiger partial charge in [-0.15, -0.1) is 0 Å². The molecule has 3 N–H and O–H groups in total. The van der Waals surface area contributed by atoms with Crippen LogP contribution >= 0.6 is 0 Å². The lowest BCUT2D eigenvalue weighted by Gasteiger charge is -1.94. The summed E-state index contributed by atoms with van der Waals surface area (Å²) in [5, 5.41) is 0. The Balaban J connectivity index is 3.01. The molecule has 0 saturated carbocycles. The van der Waals surface area contributed by atoms with Crippen LogP contribution in [0.15, 0.2) is 24.4 Å². The van der Waals surface area contributed by atoms with Crippen LogP contribution in [0.25, 0.3) is 0 Å². The van der Waals surface area contributed by atoms with Crippen LogP contribution in [0.2, 0.25) is 0 Å². The van der Waals surface area contributed by atoms with Crippen molar-refractivity contribution in [2.75, 3.05) is 5.43 Å². The van der Waals surface area contributed by atoms with Gasteiger partial charge in [-0.3, -0.25) is 0 Å². The summed E-state index contributed by atoms with van der Waals surface area (Å²) in [5.74, 6) is 6.08. The molecule has 0 atom stereocenters. The molecular weight excluding hydrogens is 114 g/mol. The number of nitrogens with one attached hydrogen (secondary N) is 1. The van der Waals surface area contributed by atoms with Crippen LogP contribution in [0, 0.1) is 0 Å². The topological polar surface area (TPSA) is 41.9 Å². The van der Waals surface area contributed by atoms with E-state index in [1.165, 1.54) is 0 Å². The van der Waals surface area contributed by atoms with E-state index in [0.717, 1.165) is 5.82 Å². The SMILES string of the molecule is C[n+]1ccccc1NN. The lowest BCUT2D eigenvalue weighted by atomic mass is 10.4. The number of pyridine rings is 1. The fourth-order valence-corrected chi connectivity index (χ4v) is 0.673. The van der Waals surface area contributed by atoms with Crippen LogP contribution in [0.3, 0.4) is 0 Å². The van der Waals surface area contributed by atoms with Crippen LogP contribution in [-0.4, -0.2) is 0 Å². The Hall–Kier alpha value is -1.09. The van der Waals surface area contributed by atoms with E-state index in [-0.39, 0.29) is 0 Å². The Morgan fingerprint density at radius 3 is 2.78 bits per heavy atom. The van der Waals surface area contributed by atoms with Crippen LogP contribution in [0.5, 0.6) is 0 Å². The quantitative estimate of drug-likeness (QED) is 0.309. The molecule has 3 nitrogen and oxygen atoms in total. The molecule has 0 bridgehead atoms. The lowest BCUT2D eigenvalue weighted by Crippen LogP contribution is -2.33. The zero-order chi connectivity index (χ0) is 6.69. The monoisotopic (exact) mass is 124 g/mol. The van der Waals surface area contributed by atoms with Gasteiger partial charge in [0, 0.05) is 6.07 Å². The fraction of sp³-hybridized carbons (Fsp3) is 0.167. The van der Waals surface area contributed by atoms with Crippen molar-refractivity contribution in [3.8, 4) is 0 Å². The van der Waals surface area contributed by atoms with Crippen molar-refractivity contribution in [2.45, 2.75) is 0 Å². The van der Waals surface area contributed by atoms with Gasteiger partial charge in [0.1, 0.15) is 0 Å². The molecular formula is C6H10N3+. The molecule has 0 unspecified atom stereocenters. The Morgan fingerprint density at radius 2 is 2.33 bits per heavy atom. The van der Waals surface area contributed by atoms with Gasteiger partial charge in [0.05, 0.1) is 13.2 Å². The van der Waals surface area contributed by atoms with Crippen molar-refractivity contribution in [2.24, 2.45) is 12.9 Å². The first-order valence-electron chi connectivity index (χ1n) is 2.76. The van der Waals surface area contributed by atoms with E-state index in [1.54, 1.807) is 0 Å². The molecule has 0 aliphatic rings. The van der Waals surface area contributed by atoms with E-state index >= 15 is 0 Å². The Kier molecular flexibility index (Phi) is 1.65. The smallest absolute Gasteiger partial charge is 0.236 e. The highest BCUT2D eigenvalue weighted by Gasteiger charge is 1.96. The molecule has 0 fully saturated rings. The van der Waals surface area contributed by atoms with E-state index in [1.807, 2.05) is 36.0 Å². The number of hydrogen-bond donors (Lipinski definition) is 2. The van der Waals surface area contributed by atoms with Crippen molar-refractivity contribution in [3.63, 3.8) is 0 Å². The van der Waals surface area contributed by atoms with Crippen molar-refractivity contribution in [1.29, 1.82) is 0 Å². The fourth-order valence-electron chi connectivity index (χ4n) is 0.673. The molecule has 1 aromatic heterocycles. The summed E-state index contributed by atoms with van der Waals surface area (Å²) in [6.45, 7) is 0. The summed E-state index contributed by atoms with van der Waals surface area (Å²) < 4.78 is 1.90. The minimum absolute atomic E-state index is 0.900. The largest absolute Gasteiger partial charge is 0.292 e.